The van der Waals surface area contributed by atoms with Crippen LogP contribution in [0.1, 0.15) is 38.2 Å². The lowest BCUT2D eigenvalue weighted by Gasteiger charge is -2.27. The highest BCUT2D eigenvalue weighted by atomic mass is 79.9. The number of halogens is 1. The Morgan fingerprint density at radius 3 is 2.88 bits per heavy atom. The van der Waals surface area contributed by atoms with Crippen molar-refractivity contribution in [3.05, 3.63) is 28.2 Å². The molecule has 3 heteroatoms. The summed E-state index contributed by atoms with van der Waals surface area (Å²) in [6.07, 6.45) is 5.05. The Labute approximate surface area is 112 Å². The van der Waals surface area contributed by atoms with E-state index in [4.69, 9.17) is 4.74 Å². The van der Waals surface area contributed by atoms with Crippen molar-refractivity contribution in [1.82, 2.24) is 5.32 Å². The second-order valence-corrected chi connectivity index (χ2v) is 5.52. The molecule has 0 amide bonds. The quantitative estimate of drug-likeness (QED) is 0.860. The molecular formula is C14H20BrNO. The van der Waals surface area contributed by atoms with Gasteiger partial charge in [-0.2, -0.15) is 0 Å². The Hall–Kier alpha value is -0.540. The molecule has 1 N–H and O–H groups in total. The molecule has 1 aliphatic carbocycles. The molecule has 2 rings (SSSR count). The summed E-state index contributed by atoms with van der Waals surface area (Å²) in [5.41, 5.74) is 1.25. The molecule has 1 fully saturated rings. The number of ether oxygens (including phenoxy) is 1. The number of nitrogens with one attached hydrogen (secondary N) is 1. The highest BCUT2D eigenvalue weighted by Gasteiger charge is 2.17. The van der Waals surface area contributed by atoms with Crippen LogP contribution in [0.2, 0.25) is 0 Å². The van der Waals surface area contributed by atoms with Crippen LogP contribution in [0, 0.1) is 0 Å². The van der Waals surface area contributed by atoms with E-state index in [0.717, 1.165) is 29.8 Å². The normalized spacial score (nSPS) is 15.6. The summed E-state index contributed by atoms with van der Waals surface area (Å²) in [6, 6.07) is 6.96. The van der Waals surface area contributed by atoms with Crippen LogP contribution in [0.5, 0.6) is 5.75 Å². The first-order valence-corrected chi connectivity index (χ1v) is 7.23. The number of hydrogen-bond acceptors (Lipinski definition) is 2. The van der Waals surface area contributed by atoms with Gasteiger partial charge in [0.1, 0.15) is 5.75 Å². The summed E-state index contributed by atoms with van der Waals surface area (Å²) in [5.74, 6) is 1.02. The molecular weight excluding hydrogens is 278 g/mol. The predicted octanol–water partition coefficient (Wildman–Crippen LogP) is 3.88. The monoisotopic (exact) mass is 297 g/mol. The van der Waals surface area contributed by atoms with Gasteiger partial charge in [-0.15, -0.1) is 0 Å². The topological polar surface area (TPSA) is 21.3 Å². The average molecular weight is 298 g/mol. The Kier molecular flexibility index (Phi) is 4.86. The summed E-state index contributed by atoms with van der Waals surface area (Å²) in [6.45, 7) is 3.83. The van der Waals surface area contributed by atoms with E-state index in [9.17, 15) is 0 Å². The fourth-order valence-electron chi connectivity index (χ4n) is 1.91. The van der Waals surface area contributed by atoms with Crippen LogP contribution < -0.4 is 10.1 Å². The third-order valence-corrected chi connectivity index (χ3v) is 3.66. The van der Waals surface area contributed by atoms with Crippen LogP contribution in [-0.4, -0.2) is 12.6 Å². The molecule has 0 aliphatic heterocycles. The minimum atomic E-state index is 0.716. The van der Waals surface area contributed by atoms with Gasteiger partial charge in [-0.3, -0.25) is 0 Å². The van der Waals surface area contributed by atoms with Gasteiger partial charge in [-0.1, -0.05) is 29.3 Å². The molecule has 0 atom stereocenters. The zero-order chi connectivity index (χ0) is 12.1. The first-order valence-electron chi connectivity index (χ1n) is 6.44. The van der Waals surface area contributed by atoms with Gasteiger partial charge < -0.3 is 10.1 Å². The van der Waals surface area contributed by atoms with Gasteiger partial charge in [-0.25, -0.2) is 0 Å². The van der Waals surface area contributed by atoms with Crippen molar-refractivity contribution in [2.75, 3.05) is 6.61 Å². The van der Waals surface area contributed by atoms with Crippen molar-refractivity contribution in [3.8, 4) is 5.75 Å². The van der Waals surface area contributed by atoms with E-state index in [1.165, 1.54) is 24.8 Å². The SMILES string of the molecule is CCCOc1ccc(Br)cc1CNC1CCC1. The molecule has 0 aromatic heterocycles. The fraction of sp³-hybridized carbons (Fsp3) is 0.571. The lowest BCUT2D eigenvalue weighted by atomic mass is 9.93. The molecule has 0 spiro atoms. The predicted molar refractivity (Wildman–Crippen MR) is 74.4 cm³/mol. The van der Waals surface area contributed by atoms with Gasteiger partial charge >= 0.3 is 0 Å². The van der Waals surface area contributed by atoms with Crippen LogP contribution in [0.4, 0.5) is 0 Å². The van der Waals surface area contributed by atoms with E-state index in [1.54, 1.807) is 0 Å². The molecule has 0 unspecified atom stereocenters. The Bertz CT molecular complexity index is 363. The van der Waals surface area contributed by atoms with Crippen LogP contribution in [0.3, 0.4) is 0 Å². The molecule has 17 heavy (non-hydrogen) atoms. The van der Waals surface area contributed by atoms with Crippen molar-refractivity contribution in [1.29, 1.82) is 0 Å². The van der Waals surface area contributed by atoms with Gasteiger partial charge in [0.2, 0.25) is 0 Å². The van der Waals surface area contributed by atoms with Crippen LogP contribution in [0.25, 0.3) is 0 Å². The maximum absolute atomic E-state index is 5.76. The number of rotatable bonds is 6. The molecule has 2 nitrogen and oxygen atoms in total. The Morgan fingerprint density at radius 1 is 1.41 bits per heavy atom. The first kappa shape index (κ1) is 12.9. The second-order valence-electron chi connectivity index (χ2n) is 4.61. The minimum Gasteiger partial charge on any atom is -0.493 e. The van der Waals surface area contributed by atoms with Gasteiger partial charge in [0, 0.05) is 22.6 Å². The standard InChI is InChI=1S/C14H20BrNO/c1-2-8-17-14-7-6-12(15)9-11(14)10-16-13-4-3-5-13/h6-7,9,13,16H,2-5,8,10H2,1H3. The molecule has 0 radical (unpaired) electrons. The van der Waals surface area contributed by atoms with E-state index in [1.807, 2.05) is 6.07 Å². The van der Waals surface area contributed by atoms with Crippen molar-refractivity contribution in [2.24, 2.45) is 0 Å². The van der Waals surface area contributed by atoms with Crippen molar-refractivity contribution < 1.29 is 4.74 Å². The summed E-state index contributed by atoms with van der Waals surface area (Å²) in [5, 5.41) is 3.58. The Balaban J connectivity index is 1.97. The van der Waals surface area contributed by atoms with Gasteiger partial charge in [0.05, 0.1) is 6.61 Å². The summed E-state index contributed by atoms with van der Waals surface area (Å²) < 4.78 is 6.88. The third kappa shape index (κ3) is 3.71. The molecule has 1 aromatic rings. The second kappa shape index (κ2) is 6.41. The largest absolute Gasteiger partial charge is 0.493 e. The summed E-state index contributed by atoms with van der Waals surface area (Å²) in [4.78, 5) is 0. The van der Waals surface area contributed by atoms with Crippen LogP contribution in [-0.2, 0) is 6.54 Å². The van der Waals surface area contributed by atoms with Gasteiger partial charge in [0.15, 0.2) is 0 Å². The van der Waals surface area contributed by atoms with Crippen molar-refractivity contribution >= 4 is 15.9 Å². The highest BCUT2D eigenvalue weighted by Crippen LogP contribution is 2.25. The van der Waals surface area contributed by atoms with Crippen molar-refractivity contribution in [3.63, 3.8) is 0 Å². The van der Waals surface area contributed by atoms with Crippen LogP contribution in [0.15, 0.2) is 22.7 Å². The van der Waals surface area contributed by atoms with E-state index < -0.39 is 0 Å². The zero-order valence-electron chi connectivity index (χ0n) is 10.3. The smallest absolute Gasteiger partial charge is 0.123 e. The third-order valence-electron chi connectivity index (χ3n) is 3.17. The maximum atomic E-state index is 5.76. The molecule has 0 bridgehead atoms. The van der Waals surface area contributed by atoms with E-state index in [0.29, 0.717) is 6.04 Å². The molecule has 1 aliphatic rings. The zero-order valence-corrected chi connectivity index (χ0v) is 11.9. The number of benzene rings is 1. The number of hydrogen-bond donors (Lipinski definition) is 1. The molecule has 1 aromatic carbocycles. The van der Waals surface area contributed by atoms with E-state index in [2.05, 4.69) is 40.3 Å². The average Bonchev–Trinajstić information content (AvgIpc) is 2.26. The van der Waals surface area contributed by atoms with E-state index in [-0.39, 0.29) is 0 Å². The van der Waals surface area contributed by atoms with Gasteiger partial charge in [-0.05, 0) is 37.5 Å². The lowest BCUT2D eigenvalue weighted by molar-refractivity contribution is 0.306. The molecule has 0 heterocycles. The first-order chi connectivity index (χ1) is 8.29. The molecule has 94 valence electrons. The molecule has 0 saturated heterocycles. The highest BCUT2D eigenvalue weighted by molar-refractivity contribution is 9.10. The summed E-state index contributed by atoms with van der Waals surface area (Å²) >= 11 is 3.52. The summed E-state index contributed by atoms with van der Waals surface area (Å²) in [7, 11) is 0. The van der Waals surface area contributed by atoms with Gasteiger partial charge in [0.25, 0.3) is 0 Å². The van der Waals surface area contributed by atoms with Crippen LogP contribution >= 0.6 is 15.9 Å². The molecule has 1 saturated carbocycles. The minimum absolute atomic E-state index is 0.716. The maximum Gasteiger partial charge on any atom is 0.123 e. The van der Waals surface area contributed by atoms with E-state index >= 15 is 0 Å². The lowest BCUT2D eigenvalue weighted by Crippen LogP contribution is -2.34. The van der Waals surface area contributed by atoms with Crippen molar-refractivity contribution in [2.45, 2.75) is 45.2 Å². The Morgan fingerprint density at radius 2 is 2.24 bits per heavy atom. The fourth-order valence-corrected chi connectivity index (χ4v) is 2.31.